The van der Waals surface area contributed by atoms with Crippen molar-refractivity contribution >= 4 is 5.91 Å². The number of nitrogens with zero attached hydrogens (tertiary/aromatic N) is 3. The number of para-hydroxylation sites is 1. The molecule has 162 valence electrons. The van der Waals surface area contributed by atoms with Gasteiger partial charge < -0.3 is 14.2 Å². The number of amides is 1. The van der Waals surface area contributed by atoms with Crippen molar-refractivity contribution in [3.63, 3.8) is 0 Å². The zero-order chi connectivity index (χ0) is 21.1. The molecule has 30 heavy (non-hydrogen) atoms. The molecule has 6 heteroatoms. The summed E-state index contributed by atoms with van der Waals surface area (Å²) < 4.78 is 11.4. The lowest BCUT2D eigenvalue weighted by Gasteiger charge is -2.36. The number of likely N-dealkylation sites (tertiary alicyclic amines) is 2. The van der Waals surface area contributed by atoms with Crippen LogP contribution in [0.1, 0.15) is 36.8 Å². The molecule has 1 amide bonds. The predicted molar refractivity (Wildman–Crippen MR) is 115 cm³/mol. The molecule has 2 saturated heterocycles. The zero-order valence-electron chi connectivity index (χ0n) is 18.3. The van der Waals surface area contributed by atoms with Gasteiger partial charge in [-0.1, -0.05) is 23.4 Å². The lowest BCUT2D eigenvalue weighted by molar-refractivity contribution is -0.128. The van der Waals surface area contributed by atoms with Crippen molar-refractivity contribution in [2.75, 3.05) is 32.8 Å². The molecule has 2 atom stereocenters. The molecule has 2 aromatic rings. The van der Waals surface area contributed by atoms with Crippen molar-refractivity contribution in [1.82, 2.24) is 15.0 Å². The molecular formula is C24H33N3O3. The highest BCUT2D eigenvalue weighted by Crippen LogP contribution is 2.36. The van der Waals surface area contributed by atoms with Gasteiger partial charge >= 0.3 is 0 Å². The number of aryl methyl sites for hydroxylation is 2. The van der Waals surface area contributed by atoms with Gasteiger partial charge in [-0.25, -0.2) is 0 Å². The molecule has 0 N–H and O–H groups in total. The fourth-order valence-corrected chi connectivity index (χ4v) is 5.07. The van der Waals surface area contributed by atoms with Gasteiger partial charge in [-0.05, 0) is 63.7 Å². The molecule has 0 radical (unpaired) electrons. The predicted octanol–water partition coefficient (Wildman–Crippen LogP) is 3.68. The van der Waals surface area contributed by atoms with E-state index in [0.29, 0.717) is 24.4 Å². The maximum Gasteiger partial charge on any atom is 0.219 e. The van der Waals surface area contributed by atoms with Crippen LogP contribution in [0.5, 0.6) is 5.75 Å². The van der Waals surface area contributed by atoms with Gasteiger partial charge in [0.2, 0.25) is 5.91 Å². The van der Waals surface area contributed by atoms with E-state index in [9.17, 15) is 4.79 Å². The fourth-order valence-electron chi connectivity index (χ4n) is 5.07. The number of ether oxygens (including phenoxy) is 1. The van der Waals surface area contributed by atoms with Crippen LogP contribution in [0, 0.1) is 31.6 Å². The Kier molecular flexibility index (Phi) is 6.42. The van der Waals surface area contributed by atoms with Crippen LogP contribution >= 0.6 is 0 Å². The standard InChI is InChI=1S/C24H33N3O3/c1-17-23(18(2)30-25-17)14-26-11-9-20(10-12-26)24-15-27(19(3)28)13-21(24)16-29-22-7-5-4-6-8-22/h4-8,20-21,24H,9-16H2,1-3H3/t21-,24-/m0/s1. The molecule has 2 aliphatic heterocycles. The van der Waals surface area contributed by atoms with Crippen LogP contribution in [0.25, 0.3) is 0 Å². The number of benzene rings is 1. The highest BCUT2D eigenvalue weighted by atomic mass is 16.5. The average molecular weight is 412 g/mol. The Morgan fingerprint density at radius 3 is 2.53 bits per heavy atom. The first-order valence-electron chi connectivity index (χ1n) is 11.1. The van der Waals surface area contributed by atoms with Crippen LogP contribution in [0.15, 0.2) is 34.9 Å². The molecule has 4 rings (SSSR count). The average Bonchev–Trinajstić information content (AvgIpc) is 3.32. The smallest absolute Gasteiger partial charge is 0.219 e. The van der Waals surface area contributed by atoms with E-state index in [-0.39, 0.29) is 5.91 Å². The lowest BCUT2D eigenvalue weighted by atomic mass is 9.78. The Bertz CT molecular complexity index is 823. The highest BCUT2D eigenvalue weighted by molar-refractivity contribution is 5.73. The summed E-state index contributed by atoms with van der Waals surface area (Å²) in [5, 5.41) is 4.09. The topological polar surface area (TPSA) is 58.8 Å². The third kappa shape index (κ3) is 4.69. The molecule has 0 saturated carbocycles. The summed E-state index contributed by atoms with van der Waals surface area (Å²) in [5.41, 5.74) is 2.23. The summed E-state index contributed by atoms with van der Waals surface area (Å²) in [5.74, 6) is 3.57. The number of hydrogen-bond acceptors (Lipinski definition) is 5. The van der Waals surface area contributed by atoms with Crippen molar-refractivity contribution < 1.29 is 14.1 Å². The molecule has 6 nitrogen and oxygen atoms in total. The first kappa shape index (κ1) is 20.9. The normalized spacial score (nSPS) is 23.1. The molecule has 2 fully saturated rings. The second-order valence-electron chi connectivity index (χ2n) is 8.89. The summed E-state index contributed by atoms with van der Waals surface area (Å²) in [6.07, 6.45) is 2.34. The van der Waals surface area contributed by atoms with Gasteiger partial charge in [-0.3, -0.25) is 9.69 Å². The summed E-state index contributed by atoms with van der Waals surface area (Å²) in [6, 6.07) is 9.99. The van der Waals surface area contributed by atoms with Crippen molar-refractivity contribution in [3.05, 3.63) is 47.3 Å². The van der Waals surface area contributed by atoms with Crippen molar-refractivity contribution in [1.29, 1.82) is 0 Å². The van der Waals surface area contributed by atoms with E-state index < -0.39 is 0 Å². The number of piperidine rings is 1. The Morgan fingerprint density at radius 2 is 1.90 bits per heavy atom. The van der Waals surface area contributed by atoms with E-state index in [4.69, 9.17) is 9.26 Å². The Labute approximate surface area is 179 Å². The zero-order valence-corrected chi connectivity index (χ0v) is 18.3. The monoisotopic (exact) mass is 411 g/mol. The Morgan fingerprint density at radius 1 is 1.17 bits per heavy atom. The van der Waals surface area contributed by atoms with Gasteiger partial charge in [0, 0.05) is 38.0 Å². The molecule has 0 spiro atoms. The SMILES string of the molecule is CC(=O)N1C[C@@H](COc2ccccc2)[C@H](C2CCN(Cc3c(C)noc3C)CC2)C1. The van der Waals surface area contributed by atoms with Crippen LogP contribution in [0.2, 0.25) is 0 Å². The largest absolute Gasteiger partial charge is 0.493 e. The third-order valence-corrected chi connectivity index (χ3v) is 6.94. The molecule has 0 aliphatic carbocycles. The Hall–Kier alpha value is -2.34. The number of hydrogen-bond donors (Lipinski definition) is 0. The van der Waals surface area contributed by atoms with Gasteiger partial charge in [0.1, 0.15) is 11.5 Å². The van der Waals surface area contributed by atoms with Crippen LogP contribution < -0.4 is 4.74 Å². The van der Waals surface area contributed by atoms with E-state index in [1.165, 1.54) is 18.4 Å². The number of carbonyl (C=O) groups is 1. The van der Waals surface area contributed by atoms with Crippen LogP contribution in [-0.2, 0) is 11.3 Å². The quantitative estimate of drug-likeness (QED) is 0.726. The Balaban J connectivity index is 1.35. The number of carbonyl (C=O) groups excluding carboxylic acids is 1. The van der Waals surface area contributed by atoms with Gasteiger partial charge in [0.05, 0.1) is 12.3 Å². The van der Waals surface area contributed by atoms with Crippen molar-refractivity contribution in [3.8, 4) is 5.75 Å². The molecule has 0 unspecified atom stereocenters. The minimum atomic E-state index is 0.179. The lowest BCUT2D eigenvalue weighted by Crippen LogP contribution is -2.38. The summed E-state index contributed by atoms with van der Waals surface area (Å²) in [7, 11) is 0. The minimum Gasteiger partial charge on any atom is -0.493 e. The second kappa shape index (κ2) is 9.21. The summed E-state index contributed by atoms with van der Waals surface area (Å²) in [6.45, 7) is 11.1. The van der Waals surface area contributed by atoms with Crippen molar-refractivity contribution in [2.45, 2.75) is 40.2 Å². The molecule has 2 aliphatic rings. The molecule has 1 aromatic carbocycles. The first-order chi connectivity index (χ1) is 14.5. The van der Waals surface area contributed by atoms with E-state index in [1.54, 1.807) is 6.92 Å². The van der Waals surface area contributed by atoms with E-state index in [1.807, 2.05) is 49.1 Å². The third-order valence-electron chi connectivity index (χ3n) is 6.94. The van der Waals surface area contributed by atoms with Crippen LogP contribution in [-0.4, -0.2) is 53.6 Å². The maximum absolute atomic E-state index is 12.0. The summed E-state index contributed by atoms with van der Waals surface area (Å²) in [4.78, 5) is 16.6. The second-order valence-corrected chi connectivity index (χ2v) is 8.89. The molecular weight excluding hydrogens is 378 g/mol. The van der Waals surface area contributed by atoms with E-state index in [0.717, 1.165) is 49.9 Å². The number of aromatic nitrogens is 1. The fraction of sp³-hybridized carbons (Fsp3) is 0.583. The molecule has 0 bridgehead atoms. The van der Waals surface area contributed by atoms with E-state index >= 15 is 0 Å². The van der Waals surface area contributed by atoms with Gasteiger partial charge in [-0.2, -0.15) is 0 Å². The van der Waals surface area contributed by atoms with Crippen LogP contribution in [0.3, 0.4) is 0 Å². The maximum atomic E-state index is 12.0. The van der Waals surface area contributed by atoms with Gasteiger partial charge in [-0.15, -0.1) is 0 Å². The highest BCUT2D eigenvalue weighted by Gasteiger charge is 2.40. The number of rotatable bonds is 6. The summed E-state index contributed by atoms with van der Waals surface area (Å²) >= 11 is 0. The van der Waals surface area contributed by atoms with E-state index in [2.05, 4.69) is 10.1 Å². The van der Waals surface area contributed by atoms with Crippen LogP contribution in [0.4, 0.5) is 0 Å². The van der Waals surface area contributed by atoms with Gasteiger partial charge in [0.25, 0.3) is 0 Å². The first-order valence-corrected chi connectivity index (χ1v) is 11.1. The minimum absolute atomic E-state index is 0.179. The van der Waals surface area contributed by atoms with Crippen molar-refractivity contribution in [2.24, 2.45) is 17.8 Å². The van der Waals surface area contributed by atoms with Gasteiger partial charge in [0.15, 0.2) is 0 Å². The molecule has 1 aromatic heterocycles. The molecule has 3 heterocycles.